The van der Waals surface area contributed by atoms with Crippen molar-refractivity contribution in [1.29, 1.82) is 0 Å². The molecule has 0 radical (unpaired) electrons. The Bertz CT molecular complexity index is 840. The minimum atomic E-state index is -0.826. The highest BCUT2D eigenvalue weighted by atomic mass is 32.2. The minimum absolute atomic E-state index is 0.0588. The normalized spacial score (nSPS) is 11.5. The number of hydrogen-bond donors (Lipinski definition) is 1. The summed E-state index contributed by atoms with van der Waals surface area (Å²) in [7, 11) is 3.20. The van der Waals surface area contributed by atoms with E-state index in [1.54, 1.807) is 20.2 Å². The van der Waals surface area contributed by atoms with E-state index in [4.69, 9.17) is 0 Å². The van der Waals surface area contributed by atoms with Crippen LogP contribution >= 0.6 is 11.8 Å². The van der Waals surface area contributed by atoms with Crippen molar-refractivity contribution in [3.63, 3.8) is 0 Å². The molecule has 1 atom stereocenters. The van der Waals surface area contributed by atoms with Crippen LogP contribution in [0.4, 0.5) is 5.69 Å². The first-order valence-electron chi connectivity index (χ1n) is 8.22. The first-order valence-corrected chi connectivity index (χ1v) is 9.44. The molecule has 0 fully saturated rings. The molecule has 1 unspecified atom stereocenters. The highest BCUT2D eigenvalue weighted by Crippen LogP contribution is 2.25. The summed E-state index contributed by atoms with van der Waals surface area (Å²) in [6.07, 6.45) is 2.11. The largest absolute Gasteiger partial charge is 0.347 e. The molecule has 8 heteroatoms. The van der Waals surface area contributed by atoms with Gasteiger partial charge in [0, 0.05) is 31.5 Å². The van der Waals surface area contributed by atoms with Crippen molar-refractivity contribution in [1.82, 2.24) is 10.2 Å². The van der Waals surface area contributed by atoms with E-state index in [1.165, 1.54) is 28.8 Å². The van der Waals surface area contributed by atoms with E-state index >= 15 is 0 Å². The number of carbonyl (C=O) groups is 2. The second-order valence-corrected chi connectivity index (χ2v) is 6.97. The van der Waals surface area contributed by atoms with Crippen molar-refractivity contribution < 1.29 is 14.5 Å². The number of nitrogens with zero attached hydrogens (tertiary/aromatic N) is 2. The molecule has 0 heterocycles. The highest BCUT2D eigenvalue weighted by molar-refractivity contribution is 7.98. The van der Waals surface area contributed by atoms with Gasteiger partial charge in [0.25, 0.3) is 11.6 Å². The third-order valence-electron chi connectivity index (χ3n) is 3.97. The molecule has 2 aromatic carbocycles. The molecular weight excluding hydrogens is 366 g/mol. The molecule has 27 heavy (non-hydrogen) atoms. The molecule has 0 spiro atoms. The summed E-state index contributed by atoms with van der Waals surface area (Å²) < 4.78 is 0. The van der Waals surface area contributed by atoms with Crippen molar-refractivity contribution in [2.24, 2.45) is 0 Å². The fraction of sp³-hybridized carbons (Fsp3) is 0.263. The number of benzene rings is 2. The fourth-order valence-electron chi connectivity index (χ4n) is 2.58. The standard InChI is InChI=1S/C19H21N3O4S/c1-21(2)19(24)16(11-13-7-5-4-6-8-13)20-18(23)15-12-14(27-3)9-10-17(15)22(25)26/h4-10,12,16H,11H2,1-3H3,(H,20,23). The summed E-state index contributed by atoms with van der Waals surface area (Å²) in [6.45, 7) is 0. The predicted molar refractivity (Wildman–Crippen MR) is 105 cm³/mol. The first-order chi connectivity index (χ1) is 12.8. The maximum Gasteiger partial charge on any atom is 0.282 e. The van der Waals surface area contributed by atoms with E-state index in [2.05, 4.69) is 5.32 Å². The molecule has 0 bridgehead atoms. The lowest BCUT2D eigenvalue weighted by Gasteiger charge is -2.22. The van der Waals surface area contributed by atoms with Gasteiger partial charge in [-0.1, -0.05) is 30.3 Å². The highest BCUT2D eigenvalue weighted by Gasteiger charge is 2.27. The summed E-state index contributed by atoms with van der Waals surface area (Å²) in [5.74, 6) is -0.926. The van der Waals surface area contributed by atoms with Gasteiger partial charge in [0.2, 0.25) is 5.91 Å². The van der Waals surface area contributed by atoms with Gasteiger partial charge in [-0.05, 0) is 24.0 Å². The van der Waals surface area contributed by atoms with Gasteiger partial charge in [-0.15, -0.1) is 11.8 Å². The summed E-state index contributed by atoms with van der Waals surface area (Å²) in [4.78, 5) is 38.1. The maximum atomic E-state index is 12.8. The van der Waals surface area contributed by atoms with Crippen LogP contribution in [0.15, 0.2) is 53.4 Å². The van der Waals surface area contributed by atoms with Gasteiger partial charge in [0.15, 0.2) is 0 Å². The van der Waals surface area contributed by atoms with Crippen molar-refractivity contribution in [3.05, 3.63) is 69.8 Å². The molecule has 2 amide bonds. The van der Waals surface area contributed by atoms with E-state index in [-0.39, 0.29) is 17.2 Å². The van der Waals surface area contributed by atoms with Crippen molar-refractivity contribution >= 4 is 29.3 Å². The molecule has 0 saturated heterocycles. The van der Waals surface area contributed by atoms with E-state index in [0.29, 0.717) is 6.42 Å². The van der Waals surface area contributed by atoms with Crippen molar-refractivity contribution in [2.75, 3.05) is 20.4 Å². The van der Waals surface area contributed by atoms with E-state index in [9.17, 15) is 19.7 Å². The zero-order valence-electron chi connectivity index (χ0n) is 15.3. The number of nitro groups is 1. The van der Waals surface area contributed by atoms with Gasteiger partial charge in [0.05, 0.1) is 4.92 Å². The maximum absolute atomic E-state index is 12.8. The summed E-state index contributed by atoms with van der Waals surface area (Å²) in [5.41, 5.74) is 0.530. The molecule has 2 rings (SSSR count). The smallest absolute Gasteiger partial charge is 0.282 e. The van der Waals surface area contributed by atoms with Crippen LogP contribution < -0.4 is 5.32 Å². The Hall–Kier alpha value is -2.87. The molecule has 0 aromatic heterocycles. The zero-order chi connectivity index (χ0) is 20.0. The molecule has 7 nitrogen and oxygen atoms in total. The van der Waals surface area contributed by atoms with E-state index in [1.807, 2.05) is 36.6 Å². The number of thioether (sulfide) groups is 1. The average Bonchev–Trinajstić information content (AvgIpc) is 2.66. The Labute approximate surface area is 161 Å². The number of rotatable bonds is 7. The number of nitro benzene ring substituents is 1. The predicted octanol–water partition coefficient (Wildman–Crippen LogP) is 2.75. The van der Waals surface area contributed by atoms with Crippen LogP contribution in [0.1, 0.15) is 15.9 Å². The second kappa shape index (κ2) is 9.18. The molecule has 0 aliphatic carbocycles. The third kappa shape index (κ3) is 5.30. The van der Waals surface area contributed by atoms with Crippen LogP contribution in [-0.2, 0) is 11.2 Å². The van der Waals surface area contributed by atoms with Gasteiger partial charge in [0.1, 0.15) is 11.6 Å². The Morgan fingerprint density at radius 1 is 1.19 bits per heavy atom. The summed E-state index contributed by atoms with van der Waals surface area (Å²) in [5, 5.41) is 14.0. The number of hydrogen-bond acceptors (Lipinski definition) is 5. The lowest BCUT2D eigenvalue weighted by molar-refractivity contribution is -0.385. The molecule has 2 aromatic rings. The Morgan fingerprint density at radius 3 is 2.41 bits per heavy atom. The minimum Gasteiger partial charge on any atom is -0.347 e. The number of nitrogens with one attached hydrogen (secondary N) is 1. The lowest BCUT2D eigenvalue weighted by atomic mass is 10.0. The monoisotopic (exact) mass is 387 g/mol. The van der Waals surface area contributed by atoms with Crippen molar-refractivity contribution in [2.45, 2.75) is 17.4 Å². The van der Waals surface area contributed by atoms with Crippen LogP contribution in [0.2, 0.25) is 0 Å². The third-order valence-corrected chi connectivity index (χ3v) is 4.70. The van der Waals surface area contributed by atoms with Crippen LogP contribution in [0.3, 0.4) is 0 Å². The SMILES string of the molecule is CSc1ccc([N+](=O)[O-])c(C(=O)NC(Cc2ccccc2)C(=O)N(C)C)c1. The fourth-order valence-corrected chi connectivity index (χ4v) is 3.02. The molecular formula is C19H21N3O4S. The van der Waals surface area contributed by atoms with Gasteiger partial charge in [-0.3, -0.25) is 19.7 Å². The molecule has 0 aliphatic rings. The van der Waals surface area contributed by atoms with Crippen LogP contribution in [0.5, 0.6) is 0 Å². The molecule has 1 N–H and O–H groups in total. The number of amides is 2. The summed E-state index contributed by atoms with van der Waals surface area (Å²) in [6, 6.07) is 12.8. The molecule has 0 aliphatic heterocycles. The zero-order valence-corrected chi connectivity index (χ0v) is 16.2. The Balaban J connectivity index is 2.32. The van der Waals surface area contributed by atoms with Gasteiger partial charge in [-0.25, -0.2) is 0 Å². The average molecular weight is 387 g/mol. The van der Waals surface area contributed by atoms with E-state index in [0.717, 1.165) is 10.5 Å². The topological polar surface area (TPSA) is 92.5 Å². The van der Waals surface area contributed by atoms with E-state index < -0.39 is 16.9 Å². The van der Waals surface area contributed by atoms with Crippen LogP contribution in [0.25, 0.3) is 0 Å². The van der Waals surface area contributed by atoms with Crippen LogP contribution in [-0.4, -0.2) is 48.0 Å². The number of likely N-dealkylation sites (N-methyl/N-ethyl adjacent to an activating group) is 1. The summed E-state index contributed by atoms with van der Waals surface area (Å²) >= 11 is 1.38. The van der Waals surface area contributed by atoms with Crippen molar-refractivity contribution in [3.8, 4) is 0 Å². The van der Waals surface area contributed by atoms with Gasteiger partial charge >= 0.3 is 0 Å². The molecule has 0 saturated carbocycles. The molecule has 142 valence electrons. The van der Waals surface area contributed by atoms with Crippen LogP contribution in [0, 0.1) is 10.1 Å². The first kappa shape index (κ1) is 20.4. The lowest BCUT2D eigenvalue weighted by Crippen LogP contribution is -2.47. The second-order valence-electron chi connectivity index (χ2n) is 6.09. The number of carbonyl (C=O) groups excluding carboxylic acids is 2. The van der Waals surface area contributed by atoms with Gasteiger partial charge in [-0.2, -0.15) is 0 Å². The van der Waals surface area contributed by atoms with Gasteiger partial charge < -0.3 is 10.2 Å². The quantitative estimate of drug-likeness (QED) is 0.448. The Morgan fingerprint density at radius 2 is 1.85 bits per heavy atom. The Kier molecular flexibility index (Phi) is 6.95.